The molecule has 1 unspecified atom stereocenters. The highest BCUT2D eigenvalue weighted by Crippen LogP contribution is 2.27. The molecule has 0 aromatic rings. The standard InChI is InChI=1S/C6H9ClFNO2S/c1-6(3-7,4-10)12-9(2)5(8)11/h4H,3H2,1-2H3. The van der Waals surface area contributed by atoms with Crippen molar-refractivity contribution < 1.29 is 14.0 Å². The Morgan fingerprint density at radius 3 is 2.58 bits per heavy atom. The van der Waals surface area contributed by atoms with Crippen molar-refractivity contribution in [3.05, 3.63) is 0 Å². The summed E-state index contributed by atoms with van der Waals surface area (Å²) >= 11 is 6.21. The van der Waals surface area contributed by atoms with Crippen LogP contribution in [0, 0.1) is 0 Å². The van der Waals surface area contributed by atoms with Gasteiger partial charge in [0, 0.05) is 12.9 Å². The second-order valence-corrected chi connectivity index (χ2v) is 4.34. The van der Waals surface area contributed by atoms with Gasteiger partial charge in [0.15, 0.2) is 0 Å². The molecule has 1 atom stereocenters. The first-order valence-electron chi connectivity index (χ1n) is 3.10. The van der Waals surface area contributed by atoms with Crippen LogP contribution in [0.5, 0.6) is 0 Å². The van der Waals surface area contributed by atoms with Crippen molar-refractivity contribution in [1.82, 2.24) is 4.31 Å². The molecule has 0 aromatic heterocycles. The summed E-state index contributed by atoms with van der Waals surface area (Å²) in [5.74, 6) is 0.0266. The molecule has 0 aliphatic rings. The molecule has 1 amide bonds. The molecule has 3 nitrogen and oxygen atoms in total. The molecule has 70 valence electrons. The first-order chi connectivity index (χ1) is 5.45. The van der Waals surface area contributed by atoms with Crippen molar-refractivity contribution in [2.75, 3.05) is 12.9 Å². The van der Waals surface area contributed by atoms with E-state index in [1.54, 1.807) is 0 Å². The summed E-state index contributed by atoms with van der Waals surface area (Å²) in [6, 6.07) is 0. The molecule has 0 rings (SSSR count). The number of hydrogen-bond donors (Lipinski definition) is 0. The Morgan fingerprint density at radius 2 is 2.33 bits per heavy atom. The average Bonchev–Trinajstić information content (AvgIpc) is 2.04. The number of hydrogen-bond acceptors (Lipinski definition) is 3. The summed E-state index contributed by atoms with van der Waals surface area (Å²) in [7, 11) is 1.24. The SMILES string of the molecule is CN(SC(C)(C=O)CCl)C(=O)F. The Kier molecular flexibility index (Phi) is 4.55. The lowest BCUT2D eigenvalue weighted by atomic mass is 10.2. The largest absolute Gasteiger partial charge is 0.409 e. The number of carbonyl (C=O) groups is 2. The normalized spacial score (nSPS) is 15.0. The van der Waals surface area contributed by atoms with E-state index in [2.05, 4.69) is 0 Å². The van der Waals surface area contributed by atoms with Gasteiger partial charge >= 0.3 is 6.16 Å². The van der Waals surface area contributed by atoms with Crippen molar-refractivity contribution in [2.45, 2.75) is 11.7 Å². The highest BCUT2D eigenvalue weighted by Gasteiger charge is 2.27. The van der Waals surface area contributed by atoms with Gasteiger partial charge in [-0.05, 0) is 18.9 Å². The number of halogens is 2. The molecule has 0 saturated carbocycles. The number of aldehydes is 1. The second kappa shape index (κ2) is 4.67. The summed E-state index contributed by atoms with van der Waals surface area (Å²) in [5, 5.41) is 0. The fourth-order valence-corrected chi connectivity index (χ4v) is 1.42. The van der Waals surface area contributed by atoms with Crippen molar-refractivity contribution in [2.24, 2.45) is 0 Å². The maximum atomic E-state index is 12.0. The molecule has 0 fully saturated rings. The van der Waals surface area contributed by atoms with Gasteiger partial charge in [0.2, 0.25) is 0 Å². The van der Waals surface area contributed by atoms with Crippen LogP contribution < -0.4 is 0 Å². The van der Waals surface area contributed by atoms with Gasteiger partial charge in [-0.3, -0.25) is 4.31 Å². The van der Waals surface area contributed by atoms with Crippen LogP contribution in [0.2, 0.25) is 0 Å². The van der Waals surface area contributed by atoms with Gasteiger partial charge in [-0.25, -0.2) is 4.79 Å². The fourth-order valence-electron chi connectivity index (χ4n) is 0.426. The number of carbonyl (C=O) groups excluding carboxylic acids is 2. The molecule has 0 N–H and O–H groups in total. The Labute approximate surface area is 79.4 Å². The van der Waals surface area contributed by atoms with Gasteiger partial charge in [-0.15, -0.1) is 16.0 Å². The average molecular weight is 214 g/mol. The molecule has 0 heterocycles. The summed E-state index contributed by atoms with van der Waals surface area (Å²) in [6.07, 6.45) is -1.01. The van der Waals surface area contributed by atoms with Crippen molar-refractivity contribution in [3.63, 3.8) is 0 Å². The Balaban J connectivity index is 4.20. The molecule has 6 heteroatoms. The lowest BCUT2D eigenvalue weighted by Crippen LogP contribution is -2.30. The summed E-state index contributed by atoms with van der Waals surface area (Å²) in [4.78, 5) is 20.6. The molecular weight excluding hydrogens is 205 g/mol. The maximum absolute atomic E-state index is 12.0. The molecule has 0 radical (unpaired) electrons. The third-order valence-corrected chi connectivity index (χ3v) is 2.90. The highest BCUT2D eigenvalue weighted by molar-refractivity contribution is 7.99. The zero-order chi connectivity index (χ0) is 9.78. The Bertz CT molecular complexity index is 192. The summed E-state index contributed by atoms with van der Waals surface area (Å²) < 4.78 is 11.8. The third kappa shape index (κ3) is 3.40. The zero-order valence-corrected chi connectivity index (χ0v) is 8.28. The van der Waals surface area contributed by atoms with Crippen LogP contribution in [-0.2, 0) is 4.79 Å². The molecule has 0 saturated heterocycles. The van der Waals surface area contributed by atoms with Gasteiger partial charge in [-0.1, -0.05) is 0 Å². The van der Waals surface area contributed by atoms with Crippen LogP contribution in [0.4, 0.5) is 9.18 Å². The van der Waals surface area contributed by atoms with E-state index in [4.69, 9.17) is 11.6 Å². The number of alkyl halides is 1. The first-order valence-corrected chi connectivity index (χ1v) is 4.40. The van der Waals surface area contributed by atoms with Gasteiger partial charge < -0.3 is 4.79 Å². The van der Waals surface area contributed by atoms with E-state index in [0.29, 0.717) is 6.29 Å². The molecule has 0 aliphatic carbocycles. The van der Waals surface area contributed by atoms with Gasteiger partial charge in [0.05, 0.1) is 0 Å². The van der Waals surface area contributed by atoms with E-state index in [0.717, 1.165) is 16.3 Å². The molecule has 0 bridgehead atoms. The van der Waals surface area contributed by atoms with Crippen LogP contribution in [0.15, 0.2) is 0 Å². The zero-order valence-electron chi connectivity index (χ0n) is 6.71. The van der Waals surface area contributed by atoms with Gasteiger partial charge in [0.25, 0.3) is 0 Å². The van der Waals surface area contributed by atoms with E-state index in [1.807, 2.05) is 0 Å². The number of rotatable bonds is 4. The van der Waals surface area contributed by atoms with Crippen LogP contribution in [-0.4, -0.2) is 34.4 Å². The molecule has 0 spiro atoms. The van der Waals surface area contributed by atoms with E-state index in [9.17, 15) is 14.0 Å². The van der Waals surface area contributed by atoms with Crippen LogP contribution in [0.25, 0.3) is 0 Å². The van der Waals surface area contributed by atoms with Crippen LogP contribution in [0.3, 0.4) is 0 Å². The van der Waals surface area contributed by atoms with E-state index >= 15 is 0 Å². The summed E-state index contributed by atoms with van der Waals surface area (Å²) in [6.45, 7) is 1.52. The minimum atomic E-state index is -1.60. The molecule has 0 aromatic carbocycles. The Hall–Kier alpha value is -0.290. The van der Waals surface area contributed by atoms with Gasteiger partial charge in [-0.2, -0.15) is 0 Å². The van der Waals surface area contributed by atoms with E-state index in [1.165, 1.54) is 14.0 Å². The Morgan fingerprint density at radius 1 is 1.83 bits per heavy atom. The van der Waals surface area contributed by atoms with Crippen molar-refractivity contribution in [3.8, 4) is 0 Å². The smallest absolute Gasteiger partial charge is 0.302 e. The number of nitrogens with zero attached hydrogens (tertiary/aromatic N) is 1. The van der Waals surface area contributed by atoms with Crippen molar-refractivity contribution in [1.29, 1.82) is 0 Å². The number of amides is 1. The minimum Gasteiger partial charge on any atom is -0.302 e. The van der Waals surface area contributed by atoms with E-state index in [-0.39, 0.29) is 5.88 Å². The monoisotopic (exact) mass is 213 g/mol. The second-order valence-electron chi connectivity index (χ2n) is 2.41. The first kappa shape index (κ1) is 11.7. The molecule has 0 aliphatic heterocycles. The molecular formula is C6H9ClFNO2S. The predicted octanol–water partition coefficient (Wildman–Crippen LogP) is 1.85. The van der Waals surface area contributed by atoms with Crippen LogP contribution in [0.1, 0.15) is 6.92 Å². The lowest BCUT2D eigenvalue weighted by molar-refractivity contribution is -0.109. The molecule has 12 heavy (non-hydrogen) atoms. The quantitative estimate of drug-likeness (QED) is 0.235. The fraction of sp³-hybridized carbons (Fsp3) is 0.667. The van der Waals surface area contributed by atoms with Gasteiger partial charge in [0.1, 0.15) is 11.0 Å². The minimum absolute atomic E-state index is 0.0266. The van der Waals surface area contributed by atoms with Crippen molar-refractivity contribution >= 4 is 36.0 Å². The van der Waals surface area contributed by atoms with Crippen LogP contribution >= 0.6 is 23.5 Å². The predicted molar refractivity (Wildman–Crippen MR) is 47.0 cm³/mol. The maximum Gasteiger partial charge on any atom is 0.409 e. The third-order valence-electron chi connectivity index (χ3n) is 1.11. The highest BCUT2D eigenvalue weighted by atomic mass is 35.5. The summed E-state index contributed by atoms with van der Waals surface area (Å²) in [5.41, 5.74) is 0. The lowest BCUT2D eigenvalue weighted by Gasteiger charge is -2.22. The topological polar surface area (TPSA) is 37.4 Å². The van der Waals surface area contributed by atoms with E-state index < -0.39 is 10.9 Å².